The van der Waals surface area contributed by atoms with Gasteiger partial charge in [-0.15, -0.1) is 18.4 Å². The summed E-state index contributed by atoms with van der Waals surface area (Å²) in [6.07, 6.45) is 0.616. The van der Waals surface area contributed by atoms with Crippen LogP contribution in [0, 0.1) is 0 Å². The van der Waals surface area contributed by atoms with Crippen LogP contribution >= 0.6 is 18.8 Å². The zero-order valence-corrected chi connectivity index (χ0v) is 12.6. The van der Waals surface area contributed by atoms with E-state index in [9.17, 15) is 19.0 Å². The van der Waals surface area contributed by atoms with E-state index in [1.807, 2.05) is 6.92 Å². The van der Waals surface area contributed by atoms with Crippen molar-refractivity contribution in [2.45, 2.75) is 13.3 Å². The topological polar surface area (TPSA) is 78.5 Å². The lowest BCUT2D eigenvalue weighted by molar-refractivity contribution is -0.294. The minimum atomic E-state index is -4.26. The molecule has 0 amide bonds. The van der Waals surface area contributed by atoms with Gasteiger partial charge in [-0.05, 0) is 18.1 Å². The molecule has 0 saturated heterocycles. The highest BCUT2D eigenvalue weighted by molar-refractivity contribution is 8.17. The Bertz CT molecular complexity index is 497. The molecule has 9 heteroatoms. The van der Waals surface area contributed by atoms with Crippen LogP contribution in [-0.2, 0) is 23.0 Å². The Hall–Kier alpha value is -0.500. The third-order valence-corrected chi connectivity index (χ3v) is 5.16. The van der Waals surface area contributed by atoms with Crippen molar-refractivity contribution in [1.82, 2.24) is 4.72 Å². The van der Waals surface area contributed by atoms with Gasteiger partial charge in [0.1, 0.15) is 0 Å². The van der Waals surface area contributed by atoms with Gasteiger partial charge in [-0.2, -0.15) is 4.39 Å². The molecule has 5 nitrogen and oxygen atoms in total. The first kappa shape index (κ1) is 16.6. The first-order chi connectivity index (χ1) is 8.86. The lowest BCUT2D eigenvalue weighted by Crippen LogP contribution is -2.31. The molecule has 0 aliphatic carbocycles. The van der Waals surface area contributed by atoms with Gasteiger partial charge in [0.15, 0.2) is 0 Å². The summed E-state index contributed by atoms with van der Waals surface area (Å²) in [4.78, 5) is 33.4. The highest BCUT2D eigenvalue weighted by atomic mass is 32.5. The van der Waals surface area contributed by atoms with E-state index in [-0.39, 0.29) is 0 Å². The van der Waals surface area contributed by atoms with Crippen LogP contribution in [0.3, 0.4) is 0 Å². The van der Waals surface area contributed by atoms with Crippen LogP contribution in [-0.4, -0.2) is 12.6 Å². The second-order valence-corrected chi connectivity index (χ2v) is 7.32. The number of hydrogen-bond acceptors (Lipinski definition) is 6. The van der Waals surface area contributed by atoms with E-state index in [2.05, 4.69) is 16.5 Å². The van der Waals surface area contributed by atoms with Crippen LogP contribution in [0.1, 0.15) is 12.5 Å². The fraction of sp³-hybridized carbons (Fsp3) is 0.300. The van der Waals surface area contributed by atoms with Crippen molar-refractivity contribution in [3.8, 4) is 0 Å². The number of carbonyl (C=O) groups is 1. The van der Waals surface area contributed by atoms with Crippen LogP contribution in [0.4, 0.5) is 10.1 Å². The Balaban J connectivity index is 2.97. The maximum absolute atomic E-state index is 12.1. The van der Waals surface area contributed by atoms with E-state index < -0.39 is 19.2 Å². The highest BCUT2D eigenvalue weighted by Gasteiger charge is 2.12. The largest absolute Gasteiger partial charge is 0.816 e. The monoisotopic (exact) mass is 322 g/mol. The lowest BCUT2D eigenvalue weighted by atomic mass is 10.1. The molecule has 0 aliphatic rings. The van der Waals surface area contributed by atoms with Gasteiger partial charge in [0.2, 0.25) is 0 Å². The van der Waals surface area contributed by atoms with Gasteiger partial charge < -0.3 is 13.9 Å². The van der Waals surface area contributed by atoms with Crippen molar-refractivity contribution in [2.75, 3.05) is 10.6 Å². The summed E-state index contributed by atoms with van der Waals surface area (Å²) in [5.74, 6) is 0. The maximum Gasteiger partial charge on any atom is 0.316 e. The standard InChI is InChI=1S/C10H14FN2O3PS2/c1-2-8-5-3-4-6-9(8)13(17(15,16)18)19-12-7-10(11)14/h3-6,12H,2,7H2,1H3,(H2,15,16,18)/p-2. The highest BCUT2D eigenvalue weighted by Crippen LogP contribution is 2.43. The average Bonchev–Trinajstić information content (AvgIpc) is 2.33. The van der Waals surface area contributed by atoms with Gasteiger partial charge in [-0.3, -0.25) is 4.79 Å². The van der Waals surface area contributed by atoms with Gasteiger partial charge in [0.25, 0.3) is 0 Å². The Morgan fingerprint density at radius 2 is 2.16 bits per heavy atom. The molecular weight excluding hydrogens is 310 g/mol. The Kier molecular flexibility index (Phi) is 6.38. The van der Waals surface area contributed by atoms with Crippen molar-refractivity contribution in [2.24, 2.45) is 0 Å². The van der Waals surface area contributed by atoms with Crippen molar-refractivity contribution in [3.63, 3.8) is 0 Å². The van der Waals surface area contributed by atoms with Crippen LogP contribution < -0.4 is 18.6 Å². The summed E-state index contributed by atoms with van der Waals surface area (Å²) in [6, 6.07) is 5.24. The summed E-state index contributed by atoms with van der Waals surface area (Å²) < 4.78 is 15.3. The van der Waals surface area contributed by atoms with Crippen LogP contribution in [0.5, 0.6) is 0 Å². The average molecular weight is 322 g/mol. The molecule has 106 valence electrons. The zero-order valence-electron chi connectivity index (χ0n) is 10.0. The molecule has 1 N–H and O–H groups in total. The van der Waals surface area contributed by atoms with E-state index in [1.54, 1.807) is 24.3 Å². The van der Waals surface area contributed by atoms with E-state index in [0.29, 0.717) is 24.2 Å². The van der Waals surface area contributed by atoms with E-state index in [0.717, 1.165) is 9.64 Å². The summed E-state index contributed by atoms with van der Waals surface area (Å²) in [7, 11) is 0. The summed E-state index contributed by atoms with van der Waals surface area (Å²) in [5, 5.41) is 0. The second kappa shape index (κ2) is 7.33. The van der Waals surface area contributed by atoms with Crippen molar-refractivity contribution in [3.05, 3.63) is 29.8 Å². The molecule has 0 aromatic heterocycles. The molecule has 0 heterocycles. The van der Waals surface area contributed by atoms with Gasteiger partial charge in [-0.1, -0.05) is 25.1 Å². The molecule has 1 aromatic rings. The van der Waals surface area contributed by atoms with Gasteiger partial charge in [0.05, 0.1) is 12.2 Å². The Labute approximate surface area is 120 Å². The minimum Gasteiger partial charge on any atom is -0.816 e. The predicted molar refractivity (Wildman–Crippen MR) is 74.3 cm³/mol. The fourth-order valence-electron chi connectivity index (χ4n) is 1.38. The molecule has 0 atom stereocenters. The second-order valence-electron chi connectivity index (χ2n) is 3.49. The molecule has 19 heavy (non-hydrogen) atoms. The summed E-state index contributed by atoms with van der Waals surface area (Å²) >= 11 is 5.04. The first-order valence-electron chi connectivity index (χ1n) is 5.35. The molecule has 0 bridgehead atoms. The van der Waals surface area contributed by atoms with Crippen molar-refractivity contribution < 1.29 is 19.0 Å². The maximum atomic E-state index is 12.1. The smallest absolute Gasteiger partial charge is 0.316 e. The lowest BCUT2D eigenvalue weighted by Gasteiger charge is -2.46. The number of para-hydroxylation sites is 1. The quantitative estimate of drug-likeness (QED) is 0.448. The first-order valence-corrected chi connectivity index (χ1v) is 8.71. The molecule has 0 radical (unpaired) electrons. The molecule has 1 rings (SSSR count). The number of halogens is 1. The van der Waals surface area contributed by atoms with E-state index >= 15 is 0 Å². The minimum absolute atomic E-state index is 0.405. The zero-order chi connectivity index (χ0) is 14.5. The number of carbonyl (C=O) groups excluding carboxylic acids is 1. The SMILES string of the molecule is CCc1ccccc1N(SNCC(=O)F)P([O-])([O-])=S. The van der Waals surface area contributed by atoms with Crippen LogP contribution in [0.25, 0.3) is 0 Å². The van der Waals surface area contributed by atoms with Gasteiger partial charge in [-0.25, -0.2) is 4.72 Å². The molecule has 0 aliphatic heterocycles. The summed E-state index contributed by atoms with van der Waals surface area (Å²) in [5.41, 5.74) is 1.19. The molecule has 0 fully saturated rings. The molecule has 0 spiro atoms. The van der Waals surface area contributed by atoms with Crippen LogP contribution in [0.2, 0.25) is 0 Å². The third kappa shape index (κ3) is 5.18. The predicted octanol–water partition coefficient (Wildman–Crippen LogP) is 0.649. The fourth-order valence-corrected chi connectivity index (χ4v) is 3.55. The summed E-state index contributed by atoms with van der Waals surface area (Å²) in [6.45, 7) is -2.98. The number of nitrogens with zero attached hydrogens (tertiary/aromatic N) is 1. The van der Waals surface area contributed by atoms with Crippen molar-refractivity contribution >= 4 is 42.3 Å². The number of nitrogens with one attached hydrogen (secondary N) is 1. The van der Waals surface area contributed by atoms with Crippen LogP contribution in [0.15, 0.2) is 24.3 Å². The Morgan fingerprint density at radius 3 is 2.68 bits per heavy atom. The number of aryl methyl sites for hydroxylation is 1. The Morgan fingerprint density at radius 1 is 1.53 bits per heavy atom. The molecule has 1 aromatic carbocycles. The van der Waals surface area contributed by atoms with Gasteiger partial charge in [0, 0.05) is 12.1 Å². The normalized spacial score (nSPS) is 11.4. The third-order valence-electron chi connectivity index (χ3n) is 2.16. The van der Waals surface area contributed by atoms with E-state index in [1.165, 1.54) is 0 Å². The number of benzene rings is 1. The van der Waals surface area contributed by atoms with E-state index in [4.69, 9.17) is 0 Å². The molecular formula is C10H12FN2O3PS2-2. The molecule has 0 unspecified atom stereocenters. The number of anilines is 1. The number of rotatable bonds is 7. The molecule has 0 saturated carbocycles. The number of hydrogen-bond donors (Lipinski definition) is 1. The van der Waals surface area contributed by atoms with Gasteiger partial charge >= 0.3 is 6.04 Å². The van der Waals surface area contributed by atoms with Crippen molar-refractivity contribution in [1.29, 1.82) is 0 Å².